The number of halogens is 2. The normalized spacial score (nSPS) is 11.0. The average Bonchev–Trinajstić information content (AvgIpc) is 2.84. The Kier molecular flexibility index (Phi) is 6.88. The van der Waals surface area contributed by atoms with Crippen LogP contribution in [0, 0.1) is 5.82 Å². The van der Waals surface area contributed by atoms with Gasteiger partial charge in [-0.3, -0.25) is 14.3 Å². The molecule has 4 rings (SSSR count). The molecule has 0 unspecified atom stereocenters. The first kappa shape index (κ1) is 24.0. The first-order chi connectivity index (χ1) is 16.7. The zero-order valence-electron chi connectivity index (χ0n) is 18.9. The van der Waals surface area contributed by atoms with E-state index in [1.165, 1.54) is 42.9 Å². The molecule has 10 heteroatoms. The van der Waals surface area contributed by atoms with Gasteiger partial charge in [-0.25, -0.2) is 14.4 Å². The van der Waals surface area contributed by atoms with Gasteiger partial charge in [-0.1, -0.05) is 17.7 Å². The molecule has 0 fully saturated rings. The minimum absolute atomic E-state index is 0.00704. The Labute approximate surface area is 205 Å². The van der Waals surface area contributed by atoms with E-state index in [4.69, 9.17) is 22.1 Å². The van der Waals surface area contributed by atoms with Crippen molar-refractivity contribution in [3.63, 3.8) is 0 Å². The van der Waals surface area contributed by atoms with Crippen molar-refractivity contribution >= 4 is 23.2 Å². The quantitative estimate of drug-likeness (QED) is 0.365. The molecule has 2 N–H and O–H groups in total. The van der Waals surface area contributed by atoms with Crippen molar-refractivity contribution in [2.24, 2.45) is 0 Å². The Morgan fingerprint density at radius 2 is 1.89 bits per heavy atom. The van der Waals surface area contributed by atoms with Gasteiger partial charge in [0.1, 0.15) is 22.4 Å². The van der Waals surface area contributed by atoms with E-state index in [2.05, 4.69) is 15.1 Å². The number of rotatable bonds is 7. The van der Waals surface area contributed by atoms with Crippen molar-refractivity contribution in [3.05, 3.63) is 93.2 Å². The fourth-order valence-corrected chi connectivity index (χ4v) is 3.41. The maximum atomic E-state index is 13.4. The van der Waals surface area contributed by atoms with E-state index in [0.717, 1.165) is 0 Å². The number of carbonyl (C=O) groups excluding carboxylic acids is 1. The molecule has 0 atom stereocenters. The van der Waals surface area contributed by atoms with Gasteiger partial charge in [0, 0.05) is 48.7 Å². The maximum Gasteiger partial charge on any atom is 0.219 e. The number of hydrogen-bond donors (Lipinski definition) is 1. The fraction of sp³-hybridized carbons (Fsp3) is 0.160. The molecule has 4 aromatic rings. The lowest BCUT2D eigenvalue weighted by Gasteiger charge is -2.13. The summed E-state index contributed by atoms with van der Waals surface area (Å²) in [6.45, 7) is 3.76. The van der Waals surface area contributed by atoms with Crippen LogP contribution < -0.4 is 15.9 Å². The number of Topliss-reactive ketones (excluding diaryl/α,β-unsaturated/α-hetero) is 1. The molecule has 3 heterocycles. The molecule has 178 valence electrons. The second kappa shape index (κ2) is 10.0. The van der Waals surface area contributed by atoms with Crippen LogP contribution in [-0.2, 0) is 6.42 Å². The van der Waals surface area contributed by atoms with Crippen LogP contribution >= 0.6 is 11.6 Å². The van der Waals surface area contributed by atoms with Gasteiger partial charge in [0.05, 0.1) is 5.56 Å². The van der Waals surface area contributed by atoms with E-state index in [0.29, 0.717) is 16.9 Å². The van der Waals surface area contributed by atoms with Gasteiger partial charge in [0.25, 0.3) is 0 Å². The van der Waals surface area contributed by atoms with Gasteiger partial charge in [0.2, 0.25) is 11.3 Å². The number of nitrogens with two attached hydrogens (primary N) is 1. The predicted molar refractivity (Wildman–Crippen MR) is 130 cm³/mol. The number of ether oxygens (including phenoxy) is 1. The van der Waals surface area contributed by atoms with E-state index in [9.17, 15) is 14.0 Å². The topological polar surface area (TPSA) is 113 Å². The summed E-state index contributed by atoms with van der Waals surface area (Å²) >= 11 is 6.09. The third kappa shape index (κ3) is 5.36. The number of anilines is 1. The Bertz CT molecular complexity index is 1440. The standard InChI is InChI=1S/C25H21ClFN5O3/c1-14(2)32-13-18(24(34)23(31-32)16-4-6-17(27)7-5-16)19(33)11-15-3-8-21(30-12-15)35-20-9-10-29-25(28)22(20)26/h3-10,12-14H,11H2,1-2H3,(H2,28,29). The van der Waals surface area contributed by atoms with E-state index >= 15 is 0 Å². The molecule has 0 aliphatic heterocycles. The van der Waals surface area contributed by atoms with Crippen LogP contribution in [0.3, 0.4) is 0 Å². The summed E-state index contributed by atoms with van der Waals surface area (Å²) in [5.41, 5.74) is 6.25. The van der Waals surface area contributed by atoms with E-state index in [1.807, 2.05) is 13.8 Å². The van der Waals surface area contributed by atoms with Crippen LogP contribution in [0.1, 0.15) is 35.8 Å². The van der Waals surface area contributed by atoms with Crippen molar-refractivity contribution < 1.29 is 13.9 Å². The molecule has 1 aromatic carbocycles. The maximum absolute atomic E-state index is 13.4. The molecular formula is C25H21ClFN5O3. The zero-order valence-corrected chi connectivity index (χ0v) is 19.7. The van der Waals surface area contributed by atoms with Gasteiger partial charge < -0.3 is 10.5 Å². The summed E-state index contributed by atoms with van der Waals surface area (Å²) in [5, 5.41) is 4.53. The molecule has 0 saturated heterocycles. The molecule has 0 aliphatic carbocycles. The second-order valence-corrected chi connectivity index (χ2v) is 8.39. The van der Waals surface area contributed by atoms with Crippen molar-refractivity contribution in [1.29, 1.82) is 0 Å². The molecule has 3 aromatic heterocycles. The van der Waals surface area contributed by atoms with Crippen molar-refractivity contribution in [1.82, 2.24) is 19.7 Å². The number of nitrogens with zero attached hydrogens (tertiary/aromatic N) is 4. The third-order valence-corrected chi connectivity index (χ3v) is 5.52. The Morgan fingerprint density at radius 3 is 2.54 bits per heavy atom. The monoisotopic (exact) mass is 493 g/mol. The zero-order chi connectivity index (χ0) is 25.1. The highest BCUT2D eigenvalue weighted by Crippen LogP contribution is 2.31. The second-order valence-electron chi connectivity index (χ2n) is 8.02. The molecule has 0 amide bonds. The van der Waals surface area contributed by atoms with Crippen LogP contribution in [0.4, 0.5) is 10.2 Å². The van der Waals surface area contributed by atoms with Gasteiger partial charge in [-0.05, 0) is 43.7 Å². The number of ketones is 1. The van der Waals surface area contributed by atoms with Crippen LogP contribution in [0.5, 0.6) is 11.6 Å². The Hall–Kier alpha value is -4.11. The van der Waals surface area contributed by atoms with Crippen LogP contribution in [0.2, 0.25) is 5.02 Å². The number of hydrogen-bond acceptors (Lipinski definition) is 7. The molecular weight excluding hydrogens is 473 g/mol. The minimum atomic E-state index is -0.517. The lowest BCUT2D eigenvalue weighted by molar-refractivity contribution is 0.0990. The highest BCUT2D eigenvalue weighted by molar-refractivity contribution is 6.34. The average molecular weight is 494 g/mol. The number of pyridine rings is 2. The van der Waals surface area contributed by atoms with Crippen LogP contribution in [-0.4, -0.2) is 25.5 Å². The lowest BCUT2D eigenvalue weighted by Crippen LogP contribution is -2.24. The summed E-state index contributed by atoms with van der Waals surface area (Å²) in [5.74, 6) is -0.139. The van der Waals surface area contributed by atoms with E-state index in [-0.39, 0.29) is 40.4 Å². The van der Waals surface area contributed by atoms with Crippen molar-refractivity contribution in [3.8, 4) is 22.9 Å². The molecule has 0 radical (unpaired) electrons. The molecule has 0 bridgehead atoms. The first-order valence-corrected chi connectivity index (χ1v) is 11.1. The summed E-state index contributed by atoms with van der Waals surface area (Å²) in [4.78, 5) is 34.3. The predicted octanol–water partition coefficient (Wildman–Crippen LogP) is 4.87. The first-order valence-electron chi connectivity index (χ1n) is 10.7. The van der Waals surface area contributed by atoms with E-state index < -0.39 is 17.0 Å². The summed E-state index contributed by atoms with van der Waals surface area (Å²) in [7, 11) is 0. The van der Waals surface area contributed by atoms with Gasteiger partial charge in [-0.2, -0.15) is 5.10 Å². The SMILES string of the molecule is CC(C)n1cc(C(=O)Cc2ccc(Oc3ccnc(N)c3Cl)nc2)c(=O)c(-c2ccc(F)cc2)n1. The van der Waals surface area contributed by atoms with Gasteiger partial charge >= 0.3 is 0 Å². The summed E-state index contributed by atoms with van der Waals surface area (Å²) in [6.07, 6.45) is 4.33. The minimum Gasteiger partial charge on any atom is -0.437 e. The van der Waals surface area contributed by atoms with Crippen LogP contribution in [0.25, 0.3) is 11.3 Å². The van der Waals surface area contributed by atoms with Crippen molar-refractivity contribution in [2.75, 3.05) is 5.73 Å². The van der Waals surface area contributed by atoms with Crippen LogP contribution in [0.15, 0.2) is 65.8 Å². The highest BCUT2D eigenvalue weighted by atomic mass is 35.5. The highest BCUT2D eigenvalue weighted by Gasteiger charge is 2.19. The Morgan fingerprint density at radius 1 is 1.14 bits per heavy atom. The third-order valence-electron chi connectivity index (χ3n) is 5.14. The van der Waals surface area contributed by atoms with Gasteiger partial charge in [-0.15, -0.1) is 0 Å². The molecule has 8 nitrogen and oxygen atoms in total. The molecule has 0 aliphatic rings. The van der Waals surface area contributed by atoms with Gasteiger partial charge in [0.15, 0.2) is 11.5 Å². The molecule has 0 saturated carbocycles. The number of benzene rings is 1. The smallest absolute Gasteiger partial charge is 0.219 e. The molecule has 0 spiro atoms. The number of carbonyl (C=O) groups is 1. The summed E-state index contributed by atoms with van der Waals surface area (Å²) < 4.78 is 20.5. The number of nitrogen functional groups attached to an aromatic ring is 1. The summed E-state index contributed by atoms with van der Waals surface area (Å²) in [6, 6.07) is 10.1. The fourth-order valence-electron chi connectivity index (χ4n) is 3.26. The number of aromatic nitrogens is 4. The van der Waals surface area contributed by atoms with Crippen molar-refractivity contribution in [2.45, 2.75) is 26.3 Å². The lowest BCUT2D eigenvalue weighted by atomic mass is 10.0. The van der Waals surface area contributed by atoms with E-state index in [1.54, 1.807) is 22.9 Å². The largest absolute Gasteiger partial charge is 0.437 e. The Balaban J connectivity index is 1.59. The molecule has 35 heavy (non-hydrogen) atoms.